The van der Waals surface area contributed by atoms with Gasteiger partial charge in [-0.1, -0.05) is 24.3 Å². The molecule has 0 saturated carbocycles. The second-order valence-electron chi connectivity index (χ2n) is 4.50. The van der Waals surface area contributed by atoms with Crippen molar-refractivity contribution in [2.24, 2.45) is 5.73 Å². The fourth-order valence-electron chi connectivity index (χ4n) is 2.50. The summed E-state index contributed by atoms with van der Waals surface area (Å²) in [6.45, 7) is 0. The average molecular weight is 213 g/mol. The van der Waals surface area contributed by atoms with Crippen molar-refractivity contribution >= 4 is 0 Å². The molecule has 1 aromatic heterocycles. The van der Waals surface area contributed by atoms with E-state index in [1.54, 1.807) is 12.5 Å². The van der Waals surface area contributed by atoms with Crippen LogP contribution in [0.15, 0.2) is 47.3 Å². The fraction of sp³-hybridized carbons (Fsp3) is 0.286. The maximum Gasteiger partial charge on any atom is 0.0950 e. The van der Waals surface area contributed by atoms with Gasteiger partial charge in [0, 0.05) is 11.6 Å². The van der Waals surface area contributed by atoms with Gasteiger partial charge in [0.15, 0.2) is 0 Å². The van der Waals surface area contributed by atoms with E-state index in [2.05, 4.69) is 24.3 Å². The van der Waals surface area contributed by atoms with E-state index in [0.717, 1.165) is 12.0 Å². The highest BCUT2D eigenvalue weighted by Crippen LogP contribution is 2.40. The minimum absolute atomic E-state index is 0.0945. The third-order valence-electron chi connectivity index (χ3n) is 3.47. The molecule has 0 bridgehead atoms. The van der Waals surface area contributed by atoms with Gasteiger partial charge in [0.05, 0.1) is 12.5 Å². The Hall–Kier alpha value is -1.54. The molecule has 82 valence electrons. The molecule has 2 N–H and O–H groups in total. The number of benzene rings is 1. The van der Waals surface area contributed by atoms with Gasteiger partial charge in [0.1, 0.15) is 0 Å². The molecule has 0 fully saturated rings. The molecule has 16 heavy (non-hydrogen) atoms. The Morgan fingerprint density at radius 1 is 1.31 bits per heavy atom. The first kappa shape index (κ1) is 9.67. The first-order chi connectivity index (χ1) is 7.84. The zero-order valence-electron chi connectivity index (χ0n) is 9.10. The van der Waals surface area contributed by atoms with Crippen LogP contribution < -0.4 is 5.73 Å². The topological polar surface area (TPSA) is 39.2 Å². The molecular formula is C14H15NO. The van der Waals surface area contributed by atoms with Crippen LogP contribution in [0.2, 0.25) is 0 Å². The van der Waals surface area contributed by atoms with Crippen molar-refractivity contribution in [3.8, 4) is 0 Å². The van der Waals surface area contributed by atoms with Gasteiger partial charge in [-0.25, -0.2) is 0 Å². The summed E-state index contributed by atoms with van der Waals surface area (Å²) in [5, 5.41) is 0. The molecule has 2 aromatic rings. The first-order valence-electron chi connectivity index (χ1n) is 5.70. The van der Waals surface area contributed by atoms with E-state index in [0.29, 0.717) is 5.92 Å². The summed E-state index contributed by atoms with van der Waals surface area (Å²) in [6, 6.07) is 10.7. The maximum absolute atomic E-state index is 6.15. The fourth-order valence-corrected chi connectivity index (χ4v) is 2.50. The lowest BCUT2D eigenvalue weighted by atomic mass is 9.74. The molecule has 0 aliphatic heterocycles. The van der Waals surface area contributed by atoms with Crippen LogP contribution in [0.1, 0.15) is 35.1 Å². The Balaban J connectivity index is 1.70. The van der Waals surface area contributed by atoms with E-state index < -0.39 is 0 Å². The van der Waals surface area contributed by atoms with Gasteiger partial charge >= 0.3 is 0 Å². The number of rotatable bonds is 3. The molecule has 3 rings (SSSR count). The molecular weight excluding hydrogens is 198 g/mol. The highest BCUT2D eigenvalue weighted by Gasteiger charge is 2.27. The number of nitrogens with two attached hydrogens (primary N) is 1. The molecule has 0 radical (unpaired) electrons. The minimum Gasteiger partial charge on any atom is -0.472 e. The second kappa shape index (κ2) is 3.80. The van der Waals surface area contributed by atoms with Crippen LogP contribution in [-0.4, -0.2) is 0 Å². The number of furan rings is 1. The van der Waals surface area contributed by atoms with Crippen LogP contribution >= 0.6 is 0 Å². The lowest BCUT2D eigenvalue weighted by molar-refractivity contribution is 0.491. The zero-order valence-corrected chi connectivity index (χ0v) is 9.10. The van der Waals surface area contributed by atoms with E-state index in [9.17, 15) is 0 Å². The average Bonchev–Trinajstić information content (AvgIpc) is 2.79. The van der Waals surface area contributed by atoms with Gasteiger partial charge in [-0.2, -0.15) is 0 Å². The van der Waals surface area contributed by atoms with Crippen molar-refractivity contribution in [1.82, 2.24) is 0 Å². The van der Waals surface area contributed by atoms with Crippen LogP contribution in [0.3, 0.4) is 0 Å². The highest BCUT2D eigenvalue weighted by atomic mass is 16.3. The highest BCUT2D eigenvalue weighted by molar-refractivity contribution is 5.40. The first-order valence-corrected chi connectivity index (χ1v) is 5.70. The van der Waals surface area contributed by atoms with E-state index in [-0.39, 0.29) is 6.04 Å². The van der Waals surface area contributed by atoms with Crippen molar-refractivity contribution in [3.63, 3.8) is 0 Å². The Bertz CT molecular complexity index is 475. The van der Waals surface area contributed by atoms with Gasteiger partial charge in [-0.05, 0) is 36.0 Å². The van der Waals surface area contributed by atoms with Crippen molar-refractivity contribution < 1.29 is 4.42 Å². The van der Waals surface area contributed by atoms with E-state index in [1.165, 1.54) is 17.5 Å². The van der Waals surface area contributed by atoms with Crippen molar-refractivity contribution in [2.75, 3.05) is 0 Å². The zero-order chi connectivity index (χ0) is 11.0. The summed E-state index contributed by atoms with van der Waals surface area (Å²) < 4.78 is 5.06. The third-order valence-corrected chi connectivity index (χ3v) is 3.47. The van der Waals surface area contributed by atoms with E-state index in [1.807, 2.05) is 6.07 Å². The molecule has 0 saturated heterocycles. The molecule has 0 spiro atoms. The predicted molar refractivity (Wildman–Crippen MR) is 63.1 cm³/mol. The third kappa shape index (κ3) is 1.55. The van der Waals surface area contributed by atoms with Crippen LogP contribution in [-0.2, 0) is 6.42 Å². The largest absolute Gasteiger partial charge is 0.472 e. The summed E-state index contributed by atoms with van der Waals surface area (Å²) in [5.41, 5.74) is 10.2. The van der Waals surface area contributed by atoms with E-state index >= 15 is 0 Å². The smallest absolute Gasteiger partial charge is 0.0950 e. The van der Waals surface area contributed by atoms with Crippen molar-refractivity contribution in [3.05, 3.63) is 59.5 Å². The van der Waals surface area contributed by atoms with Gasteiger partial charge in [-0.15, -0.1) is 0 Å². The Morgan fingerprint density at radius 2 is 2.19 bits per heavy atom. The molecule has 2 nitrogen and oxygen atoms in total. The predicted octanol–water partition coefficient (Wildman–Crippen LogP) is 3.01. The summed E-state index contributed by atoms with van der Waals surface area (Å²) in [6.07, 6.45) is 5.61. The quantitative estimate of drug-likeness (QED) is 0.851. The molecule has 0 amide bonds. The summed E-state index contributed by atoms with van der Waals surface area (Å²) in [5.74, 6) is 0.626. The van der Waals surface area contributed by atoms with E-state index in [4.69, 9.17) is 10.2 Å². The number of fused-ring (bicyclic) bond motifs is 1. The van der Waals surface area contributed by atoms with Crippen LogP contribution in [0.25, 0.3) is 0 Å². The van der Waals surface area contributed by atoms with Crippen molar-refractivity contribution in [2.45, 2.75) is 24.8 Å². The van der Waals surface area contributed by atoms with Gasteiger partial charge in [0.2, 0.25) is 0 Å². The van der Waals surface area contributed by atoms with Gasteiger partial charge < -0.3 is 10.2 Å². The van der Waals surface area contributed by atoms with Crippen LogP contribution in [0.4, 0.5) is 0 Å². The second-order valence-corrected chi connectivity index (χ2v) is 4.50. The Kier molecular flexibility index (Phi) is 2.29. The summed E-state index contributed by atoms with van der Waals surface area (Å²) in [7, 11) is 0. The molecule has 1 aliphatic rings. The monoisotopic (exact) mass is 213 g/mol. The Labute approximate surface area is 95.1 Å². The van der Waals surface area contributed by atoms with Crippen molar-refractivity contribution in [1.29, 1.82) is 0 Å². The molecule has 1 aromatic carbocycles. The van der Waals surface area contributed by atoms with Gasteiger partial charge in [-0.3, -0.25) is 0 Å². The standard InChI is InChI=1S/C14H15NO/c15-14(11-5-6-16-9-11)8-12-7-10-3-1-2-4-13(10)12/h1-6,9,12,14H,7-8,15H2. The molecule has 2 heteroatoms. The lowest BCUT2D eigenvalue weighted by Gasteiger charge is -2.31. The Morgan fingerprint density at radius 3 is 2.94 bits per heavy atom. The molecule has 2 atom stereocenters. The lowest BCUT2D eigenvalue weighted by Crippen LogP contribution is -2.22. The number of hydrogen-bond acceptors (Lipinski definition) is 2. The molecule has 2 unspecified atom stereocenters. The summed E-state index contributed by atoms with van der Waals surface area (Å²) in [4.78, 5) is 0. The normalized spacial score (nSPS) is 19.9. The van der Waals surface area contributed by atoms with Crippen LogP contribution in [0, 0.1) is 0 Å². The molecule has 1 heterocycles. The van der Waals surface area contributed by atoms with Crippen LogP contribution in [0.5, 0.6) is 0 Å². The van der Waals surface area contributed by atoms with Gasteiger partial charge in [0.25, 0.3) is 0 Å². The minimum atomic E-state index is 0.0945. The SMILES string of the molecule is NC(CC1Cc2ccccc21)c1ccoc1. The summed E-state index contributed by atoms with van der Waals surface area (Å²) >= 11 is 0. The maximum atomic E-state index is 6.15. The number of hydrogen-bond donors (Lipinski definition) is 1. The molecule has 1 aliphatic carbocycles.